The van der Waals surface area contributed by atoms with Gasteiger partial charge >= 0.3 is 11.9 Å². The van der Waals surface area contributed by atoms with Gasteiger partial charge in [0.15, 0.2) is 6.61 Å². The first-order valence-electron chi connectivity index (χ1n) is 9.81. The fraction of sp³-hybridized carbons (Fsp3) is 0.900. The zero-order chi connectivity index (χ0) is 17.1. The summed E-state index contributed by atoms with van der Waals surface area (Å²) in [6, 6.07) is 0. The van der Waals surface area contributed by atoms with Gasteiger partial charge in [-0.2, -0.15) is 0 Å². The highest BCUT2D eigenvalue weighted by Crippen LogP contribution is 2.70. The second kappa shape index (κ2) is 5.74. The standard InChI is InChI=1S/C20H30O4/c1-4-11(2)19(22)23-10-16(21)24-20(3)9-14-8-15(20)18-13-6-5-12(7-13)17(14)18/h11-15,17-18H,4-10H2,1-3H3. The highest BCUT2D eigenvalue weighted by molar-refractivity contribution is 5.77. The summed E-state index contributed by atoms with van der Waals surface area (Å²) in [5.74, 6) is 3.94. The van der Waals surface area contributed by atoms with Crippen molar-refractivity contribution < 1.29 is 19.1 Å². The van der Waals surface area contributed by atoms with Crippen molar-refractivity contribution in [3.63, 3.8) is 0 Å². The molecule has 8 atom stereocenters. The lowest BCUT2D eigenvalue weighted by molar-refractivity contribution is -0.178. The van der Waals surface area contributed by atoms with Crippen LogP contribution in [0.2, 0.25) is 0 Å². The minimum atomic E-state index is -0.374. The summed E-state index contributed by atoms with van der Waals surface area (Å²) >= 11 is 0. The second-order valence-electron chi connectivity index (χ2n) is 9.00. The van der Waals surface area contributed by atoms with Gasteiger partial charge in [0.05, 0.1) is 5.92 Å². The Bertz CT molecular complexity index is 544. The number of carbonyl (C=O) groups excluding carboxylic acids is 2. The predicted octanol–water partition coefficient (Wildman–Crippen LogP) is 3.58. The molecule has 0 radical (unpaired) electrons. The number of carbonyl (C=O) groups is 2. The summed E-state index contributed by atoms with van der Waals surface area (Å²) in [5.41, 5.74) is -0.337. The summed E-state index contributed by atoms with van der Waals surface area (Å²) in [5, 5.41) is 0. The largest absolute Gasteiger partial charge is 0.457 e. The maximum atomic E-state index is 12.2. The van der Waals surface area contributed by atoms with Crippen LogP contribution >= 0.6 is 0 Å². The average Bonchev–Trinajstić information content (AvgIpc) is 3.29. The first-order chi connectivity index (χ1) is 11.4. The van der Waals surface area contributed by atoms with Gasteiger partial charge in [0.25, 0.3) is 0 Å². The van der Waals surface area contributed by atoms with E-state index in [0.29, 0.717) is 5.92 Å². The number of rotatable bonds is 5. The smallest absolute Gasteiger partial charge is 0.344 e. The van der Waals surface area contributed by atoms with Gasteiger partial charge in [0.1, 0.15) is 5.60 Å². The van der Waals surface area contributed by atoms with Crippen molar-refractivity contribution in [1.82, 2.24) is 0 Å². The minimum Gasteiger partial charge on any atom is -0.457 e. The number of ether oxygens (including phenoxy) is 2. The highest BCUT2D eigenvalue weighted by Gasteiger charge is 2.66. The van der Waals surface area contributed by atoms with Crippen LogP contribution in [0.15, 0.2) is 0 Å². The molecule has 0 aromatic carbocycles. The van der Waals surface area contributed by atoms with Gasteiger partial charge in [0, 0.05) is 5.92 Å². The van der Waals surface area contributed by atoms with Crippen molar-refractivity contribution in [3.05, 3.63) is 0 Å². The third-order valence-electron chi connectivity index (χ3n) is 7.76. The summed E-state index contributed by atoms with van der Waals surface area (Å²) in [7, 11) is 0. The van der Waals surface area contributed by atoms with Crippen LogP contribution in [-0.4, -0.2) is 24.1 Å². The van der Waals surface area contributed by atoms with Crippen LogP contribution in [0, 0.1) is 41.4 Å². The van der Waals surface area contributed by atoms with E-state index >= 15 is 0 Å². The van der Waals surface area contributed by atoms with E-state index in [1.54, 1.807) is 0 Å². The van der Waals surface area contributed by atoms with E-state index in [4.69, 9.17) is 9.47 Å². The van der Waals surface area contributed by atoms with Crippen LogP contribution in [0.1, 0.15) is 59.3 Å². The van der Waals surface area contributed by atoms with Crippen LogP contribution in [-0.2, 0) is 19.1 Å². The minimum absolute atomic E-state index is 0.161. The molecule has 4 nitrogen and oxygen atoms in total. The fourth-order valence-electron chi connectivity index (χ4n) is 6.71. The normalized spacial score (nSPS) is 46.0. The third-order valence-corrected chi connectivity index (χ3v) is 7.76. The second-order valence-corrected chi connectivity index (χ2v) is 9.00. The van der Waals surface area contributed by atoms with E-state index in [1.807, 2.05) is 13.8 Å². The third kappa shape index (κ3) is 2.40. The maximum absolute atomic E-state index is 12.2. The molecule has 0 heterocycles. The SMILES string of the molecule is CCC(C)C(=O)OCC(=O)OC1(C)CC2CC1C1C3CCC(C3)C21. The summed E-state index contributed by atoms with van der Waals surface area (Å²) in [6.07, 6.45) is 7.19. The van der Waals surface area contributed by atoms with E-state index in [9.17, 15) is 9.59 Å². The highest BCUT2D eigenvalue weighted by atomic mass is 16.6. The number of hydrogen-bond donors (Lipinski definition) is 0. The van der Waals surface area contributed by atoms with Gasteiger partial charge in [-0.25, -0.2) is 4.79 Å². The Morgan fingerprint density at radius 3 is 2.54 bits per heavy atom. The molecule has 0 aromatic heterocycles. The quantitative estimate of drug-likeness (QED) is 0.569. The molecular formula is C20H30O4. The Kier molecular flexibility index (Phi) is 3.92. The lowest BCUT2D eigenvalue weighted by Gasteiger charge is -2.44. The number of fused-ring (bicyclic) bond motifs is 9. The molecule has 0 spiro atoms. The van der Waals surface area contributed by atoms with E-state index in [-0.39, 0.29) is 30.1 Å². The van der Waals surface area contributed by atoms with Crippen LogP contribution in [0.5, 0.6) is 0 Å². The van der Waals surface area contributed by atoms with Gasteiger partial charge in [-0.3, -0.25) is 4.79 Å². The summed E-state index contributed by atoms with van der Waals surface area (Å²) < 4.78 is 11.0. The molecule has 4 saturated carbocycles. The molecule has 0 amide bonds. The molecule has 4 aliphatic carbocycles. The molecular weight excluding hydrogens is 304 g/mol. The number of hydrogen-bond acceptors (Lipinski definition) is 4. The summed E-state index contributed by atoms with van der Waals surface area (Å²) in [6.45, 7) is 5.64. The van der Waals surface area contributed by atoms with Crippen LogP contribution in [0.4, 0.5) is 0 Å². The Morgan fingerprint density at radius 1 is 1.12 bits per heavy atom. The van der Waals surface area contributed by atoms with Gasteiger partial charge in [0.2, 0.25) is 0 Å². The maximum Gasteiger partial charge on any atom is 0.344 e. The Hall–Kier alpha value is -1.06. The topological polar surface area (TPSA) is 52.6 Å². The average molecular weight is 334 g/mol. The van der Waals surface area contributed by atoms with E-state index in [2.05, 4.69) is 6.92 Å². The molecule has 8 unspecified atom stereocenters. The predicted molar refractivity (Wildman–Crippen MR) is 88.9 cm³/mol. The Morgan fingerprint density at radius 2 is 1.83 bits per heavy atom. The molecule has 0 aliphatic heterocycles. The molecule has 4 aliphatic rings. The monoisotopic (exact) mass is 334 g/mol. The zero-order valence-electron chi connectivity index (χ0n) is 15.1. The van der Waals surface area contributed by atoms with Crippen molar-refractivity contribution in [2.75, 3.05) is 6.61 Å². The van der Waals surface area contributed by atoms with Crippen molar-refractivity contribution >= 4 is 11.9 Å². The molecule has 4 rings (SSSR count). The molecule has 0 N–H and O–H groups in total. The molecule has 0 aromatic rings. The van der Waals surface area contributed by atoms with Crippen LogP contribution in [0.25, 0.3) is 0 Å². The van der Waals surface area contributed by atoms with Gasteiger partial charge in [-0.05, 0) is 75.0 Å². The first-order valence-corrected chi connectivity index (χ1v) is 9.81. The molecule has 4 fully saturated rings. The Balaban J connectivity index is 1.36. The molecule has 4 heteroatoms. The van der Waals surface area contributed by atoms with Crippen molar-refractivity contribution in [2.45, 2.75) is 64.9 Å². The number of esters is 2. The Labute approximate surface area is 144 Å². The summed E-state index contributed by atoms with van der Waals surface area (Å²) in [4.78, 5) is 24.0. The lowest BCUT2D eigenvalue weighted by Crippen LogP contribution is -2.46. The molecule has 134 valence electrons. The van der Waals surface area contributed by atoms with Crippen molar-refractivity contribution in [1.29, 1.82) is 0 Å². The van der Waals surface area contributed by atoms with Gasteiger partial charge in [-0.15, -0.1) is 0 Å². The zero-order valence-corrected chi connectivity index (χ0v) is 15.1. The van der Waals surface area contributed by atoms with E-state index in [1.165, 1.54) is 25.7 Å². The van der Waals surface area contributed by atoms with Crippen LogP contribution in [0.3, 0.4) is 0 Å². The van der Waals surface area contributed by atoms with Gasteiger partial charge in [-0.1, -0.05) is 13.8 Å². The van der Waals surface area contributed by atoms with Crippen LogP contribution < -0.4 is 0 Å². The molecule has 4 bridgehead atoms. The van der Waals surface area contributed by atoms with E-state index in [0.717, 1.165) is 42.4 Å². The molecule has 24 heavy (non-hydrogen) atoms. The lowest BCUT2D eigenvalue weighted by atomic mass is 9.66. The van der Waals surface area contributed by atoms with E-state index < -0.39 is 0 Å². The van der Waals surface area contributed by atoms with Crippen molar-refractivity contribution in [2.24, 2.45) is 41.4 Å². The van der Waals surface area contributed by atoms with Crippen molar-refractivity contribution in [3.8, 4) is 0 Å². The van der Waals surface area contributed by atoms with Gasteiger partial charge < -0.3 is 9.47 Å². The fourth-order valence-corrected chi connectivity index (χ4v) is 6.71. The first kappa shape index (κ1) is 16.4. The molecule has 0 saturated heterocycles.